The molecule has 138 valence electrons. The number of amidine groups is 1. The second-order valence-electron chi connectivity index (χ2n) is 5.55. The number of carbonyl (C=O) groups excluding carboxylic acids is 1. The molecule has 0 atom stereocenters. The van der Waals surface area contributed by atoms with Gasteiger partial charge in [-0.2, -0.15) is 0 Å². The summed E-state index contributed by atoms with van der Waals surface area (Å²) in [5, 5.41) is 19.8. The highest BCUT2D eigenvalue weighted by atomic mass is 35.5. The number of benzene rings is 2. The molecule has 2 aromatic rings. The van der Waals surface area contributed by atoms with Gasteiger partial charge >= 0.3 is 5.97 Å². The van der Waals surface area contributed by atoms with Crippen molar-refractivity contribution in [3.63, 3.8) is 0 Å². The third-order valence-corrected chi connectivity index (χ3v) is 5.25. The fraction of sp³-hybridized carbons (Fsp3) is 0.0556. The highest BCUT2D eigenvalue weighted by Gasteiger charge is 2.30. The van der Waals surface area contributed by atoms with Crippen molar-refractivity contribution in [1.82, 2.24) is 4.90 Å². The lowest BCUT2D eigenvalue weighted by molar-refractivity contribution is -0.121. The third kappa shape index (κ3) is 4.10. The fourth-order valence-electron chi connectivity index (χ4n) is 2.28. The minimum absolute atomic E-state index is 0.0885. The standard InChI is InChI=1S/C18H12Cl2N2O4S/c1-22-16(24)14(7-10-6-11(19)8-13(20)15(10)23)27-18(22)21-12-4-2-9(3-5-12)17(25)26/h2-8,23H,1H3,(H,25,26)/b14-7-,21-18?. The van der Waals surface area contributed by atoms with Crippen LogP contribution in [0.25, 0.3) is 6.08 Å². The smallest absolute Gasteiger partial charge is 0.335 e. The summed E-state index contributed by atoms with van der Waals surface area (Å²) in [5.74, 6) is -1.49. The second kappa shape index (κ2) is 7.64. The molecule has 0 bridgehead atoms. The summed E-state index contributed by atoms with van der Waals surface area (Å²) < 4.78 is 0. The van der Waals surface area contributed by atoms with Gasteiger partial charge in [0.1, 0.15) is 5.75 Å². The van der Waals surface area contributed by atoms with Crippen molar-refractivity contribution >= 4 is 63.8 Å². The van der Waals surface area contributed by atoms with Gasteiger partial charge in [0.15, 0.2) is 5.17 Å². The monoisotopic (exact) mass is 422 g/mol. The SMILES string of the molecule is CN1C(=O)/C(=C/c2cc(Cl)cc(Cl)c2O)SC1=Nc1ccc(C(=O)O)cc1. The fourth-order valence-corrected chi connectivity index (χ4v) is 3.76. The van der Waals surface area contributed by atoms with E-state index in [4.69, 9.17) is 28.3 Å². The number of amides is 1. The van der Waals surface area contributed by atoms with E-state index in [1.165, 1.54) is 35.2 Å². The number of carboxylic acid groups (broad SMARTS) is 1. The van der Waals surface area contributed by atoms with E-state index < -0.39 is 5.97 Å². The van der Waals surface area contributed by atoms with Gasteiger partial charge in [-0.1, -0.05) is 23.2 Å². The molecular formula is C18H12Cl2N2O4S. The molecule has 0 radical (unpaired) electrons. The number of hydrogen-bond acceptors (Lipinski definition) is 5. The molecule has 6 nitrogen and oxygen atoms in total. The van der Waals surface area contributed by atoms with Gasteiger partial charge in [0, 0.05) is 17.6 Å². The van der Waals surface area contributed by atoms with Crippen LogP contribution < -0.4 is 0 Å². The zero-order valence-corrected chi connectivity index (χ0v) is 16.1. The first-order valence-corrected chi connectivity index (χ1v) is 9.11. The number of hydrogen-bond donors (Lipinski definition) is 2. The van der Waals surface area contributed by atoms with Crippen molar-refractivity contribution in [3.05, 3.63) is 62.5 Å². The first-order chi connectivity index (χ1) is 12.8. The lowest BCUT2D eigenvalue weighted by Gasteiger charge is -2.07. The average Bonchev–Trinajstić information content (AvgIpc) is 2.87. The lowest BCUT2D eigenvalue weighted by Crippen LogP contribution is -2.23. The summed E-state index contributed by atoms with van der Waals surface area (Å²) in [6, 6.07) is 8.89. The van der Waals surface area contributed by atoms with Crippen molar-refractivity contribution in [2.45, 2.75) is 0 Å². The molecule has 1 heterocycles. The first kappa shape index (κ1) is 19.3. The van der Waals surface area contributed by atoms with E-state index >= 15 is 0 Å². The van der Waals surface area contributed by atoms with Crippen molar-refractivity contribution in [1.29, 1.82) is 0 Å². The number of aromatic carboxylic acids is 1. The van der Waals surface area contributed by atoms with Crippen molar-refractivity contribution in [2.24, 2.45) is 4.99 Å². The molecule has 2 aromatic carbocycles. The van der Waals surface area contributed by atoms with Crippen LogP contribution in [0.15, 0.2) is 46.3 Å². The van der Waals surface area contributed by atoms with Crippen LogP contribution in [0.1, 0.15) is 15.9 Å². The number of carbonyl (C=O) groups is 2. The van der Waals surface area contributed by atoms with E-state index in [0.29, 0.717) is 26.3 Å². The lowest BCUT2D eigenvalue weighted by atomic mass is 10.2. The molecule has 0 saturated carbocycles. The number of phenolic OH excluding ortho intramolecular Hbond substituents is 1. The molecule has 0 aliphatic carbocycles. The van der Waals surface area contributed by atoms with Crippen LogP contribution in [-0.2, 0) is 4.79 Å². The Labute approximate surface area is 168 Å². The summed E-state index contributed by atoms with van der Waals surface area (Å²) in [5.41, 5.74) is 0.984. The van der Waals surface area contributed by atoms with Crippen LogP contribution in [-0.4, -0.2) is 39.2 Å². The molecule has 1 saturated heterocycles. The van der Waals surface area contributed by atoms with Gasteiger partial charge < -0.3 is 10.2 Å². The van der Waals surface area contributed by atoms with E-state index in [0.717, 1.165) is 11.8 Å². The van der Waals surface area contributed by atoms with Crippen LogP contribution >= 0.6 is 35.0 Å². The largest absolute Gasteiger partial charge is 0.506 e. The summed E-state index contributed by atoms with van der Waals surface area (Å²) in [4.78, 5) is 29.5. The topological polar surface area (TPSA) is 90.2 Å². The molecule has 0 spiro atoms. The van der Waals surface area contributed by atoms with E-state index in [-0.39, 0.29) is 22.2 Å². The molecule has 1 fully saturated rings. The molecule has 9 heteroatoms. The van der Waals surface area contributed by atoms with Crippen LogP contribution in [0, 0.1) is 0 Å². The Balaban J connectivity index is 1.92. The quantitative estimate of drug-likeness (QED) is 0.703. The van der Waals surface area contributed by atoms with Crippen molar-refractivity contribution in [3.8, 4) is 5.75 Å². The zero-order valence-electron chi connectivity index (χ0n) is 13.8. The number of thioether (sulfide) groups is 1. The van der Waals surface area contributed by atoms with Gasteiger partial charge in [0.05, 0.1) is 21.2 Å². The second-order valence-corrected chi connectivity index (χ2v) is 7.40. The number of carboxylic acids is 1. The molecule has 2 N–H and O–H groups in total. The normalized spacial score (nSPS) is 17.1. The van der Waals surface area contributed by atoms with Gasteiger partial charge in [-0.15, -0.1) is 0 Å². The maximum absolute atomic E-state index is 12.5. The Bertz CT molecular complexity index is 1000. The van der Waals surface area contributed by atoms with Crippen LogP contribution in [0.3, 0.4) is 0 Å². The molecule has 1 amide bonds. The number of phenols is 1. The minimum atomic E-state index is -1.03. The van der Waals surface area contributed by atoms with Crippen molar-refractivity contribution in [2.75, 3.05) is 7.05 Å². The predicted molar refractivity (Wildman–Crippen MR) is 107 cm³/mol. The molecule has 3 rings (SSSR count). The van der Waals surface area contributed by atoms with Crippen LogP contribution in [0.5, 0.6) is 5.75 Å². The number of likely N-dealkylation sites (N-methyl/N-ethyl adjacent to an activating group) is 1. The van der Waals surface area contributed by atoms with E-state index in [2.05, 4.69) is 4.99 Å². The average molecular weight is 423 g/mol. The molecule has 0 unspecified atom stereocenters. The molecule has 27 heavy (non-hydrogen) atoms. The Hall–Kier alpha value is -2.48. The first-order valence-electron chi connectivity index (χ1n) is 7.54. The summed E-state index contributed by atoms with van der Waals surface area (Å²) >= 11 is 13.0. The Morgan fingerprint density at radius 2 is 1.89 bits per heavy atom. The Kier molecular flexibility index (Phi) is 5.46. The zero-order chi connectivity index (χ0) is 19.7. The Morgan fingerprint density at radius 1 is 1.22 bits per heavy atom. The minimum Gasteiger partial charge on any atom is -0.506 e. The van der Waals surface area contributed by atoms with Gasteiger partial charge in [-0.25, -0.2) is 9.79 Å². The Morgan fingerprint density at radius 3 is 2.52 bits per heavy atom. The number of aromatic hydroxyl groups is 1. The molecular weight excluding hydrogens is 411 g/mol. The third-order valence-electron chi connectivity index (χ3n) is 3.69. The van der Waals surface area contributed by atoms with Gasteiger partial charge in [-0.3, -0.25) is 9.69 Å². The molecule has 1 aliphatic heterocycles. The number of rotatable bonds is 3. The number of aliphatic imine (C=N–C) groups is 1. The summed E-state index contributed by atoms with van der Waals surface area (Å²) in [7, 11) is 1.57. The van der Waals surface area contributed by atoms with Crippen LogP contribution in [0.2, 0.25) is 10.0 Å². The van der Waals surface area contributed by atoms with Crippen LogP contribution in [0.4, 0.5) is 5.69 Å². The molecule has 1 aliphatic rings. The highest BCUT2D eigenvalue weighted by Crippen LogP contribution is 2.37. The van der Waals surface area contributed by atoms with Gasteiger partial charge in [0.25, 0.3) is 5.91 Å². The van der Waals surface area contributed by atoms with Gasteiger partial charge in [-0.05, 0) is 54.2 Å². The summed E-state index contributed by atoms with van der Waals surface area (Å²) in [6.07, 6.45) is 1.49. The van der Waals surface area contributed by atoms with E-state index in [1.54, 1.807) is 19.2 Å². The predicted octanol–water partition coefficient (Wildman–Crippen LogP) is 4.63. The van der Waals surface area contributed by atoms with Crippen molar-refractivity contribution < 1.29 is 19.8 Å². The molecule has 0 aromatic heterocycles. The van der Waals surface area contributed by atoms with Gasteiger partial charge in [0.2, 0.25) is 0 Å². The highest BCUT2D eigenvalue weighted by molar-refractivity contribution is 8.18. The van der Waals surface area contributed by atoms with E-state index in [1.807, 2.05) is 0 Å². The maximum Gasteiger partial charge on any atom is 0.335 e. The number of halogens is 2. The number of nitrogens with zero attached hydrogens (tertiary/aromatic N) is 2. The summed E-state index contributed by atoms with van der Waals surface area (Å²) in [6.45, 7) is 0. The van der Waals surface area contributed by atoms with E-state index in [9.17, 15) is 14.7 Å². The maximum atomic E-state index is 12.5.